The van der Waals surface area contributed by atoms with Crippen LogP contribution in [0.15, 0.2) is 71.5 Å². The number of aliphatic hydroxyl groups is 2. The van der Waals surface area contributed by atoms with Crippen LogP contribution in [0.5, 0.6) is 11.5 Å². The van der Waals surface area contributed by atoms with Crippen molar-refractivity contribution in [2.24, 2.45) is 5.92 Å². The molecule has 2 unspecified atom stereocenters. The number of pyridine rings is 1. The van der Waals surface area contributed by atoms with Gasteiger partial charge >= 0.3 is 5.97 Å². The molecule has 11 heteroatoms. The highest BCUT2D eigenvalue weighted by molar-refractivity contribution is 5.87. The van der Waals surface area contributed by atoms with Gasteiger partial charge in [0.2, 0.25) is 5.56 Å². The van der Waals surface area contributed by atoms with Gasteiger partial charge in [-0.3, -0.25) is 15.0 Å². The number of ether oxygens (including phenoxy) is 2. The van der Waals surface area contributed by atoms with Crippen LogP contribution in [-0.2, 0) is 21.5 Å². The van der Waals surface area contributed by atoms with Crippen LogP contribution in [0, 0.1) is 12.8 Å². The van der Waals surface area contributed by atoms with Gasteiger partial charge < -0.3 is 35.1 Å². The largest absolute Gasteiger partial charge is 0.506 e. The molecular formula is C41H50N4O7. The first-order valence-electron chi connectivity index (χ1n) is 18.7. The monoisotopic (exact) mass is 710 g/mol. The maximum atomic E-state index is 14.2. The zero-order valence-electron chi connectivity index (χ0n) is 29.8. The number of rotatable bonds is 15. The number of aromatic amines is 1. The molecule has 11 nitrogen and oxygen atoms in total. The number of aliphatic hydroxyl groups excluding tert-OH is 2. The van der Waals surface area contributed by atoms with Crippen molar-refractivity contribution in [3.63, 3.8) is 0 Å². The van der Waals surface area contributed by atoms with Crippen LogP contribution in [0.1, 0.15) is 78.7 Å². The Morgan fingerprint density at radius 1 is 1.04 bits per heavy atom. The SMILES string of the molecule is Cc1cccc2c1CCC2(NC(O)c1cccc(OCCCCCNC[C@H](O)c2ccc(O)c3[nH]c(=O)ccc23)c1)C(=O)O[C@H]1CN2CCC1CC2. The Hall–Kier alpha value is -4.26. The van der Waals surface area contributed by atoms with E-state index in [1.807, 2.05) is 36.4 Å². The first kappa shape index (κ1) is 36.1. The third kappa shape index (κ3) is 7.60. The summed E-state index contributed by atoms with van der Waals surface area (Å²) in [5.74, 6) is 0.694. The highest BCUT2D eigenvalue weighted by atomic mass is 16.5. The van der Waals surface area contributed by atoms with Crippen LogP contribution >= 0.6 is 0 Å². The Kier molecular flexibility index (Phi) is 11.0. The minimum atomic E-state index is -1.15. The number of hydrogen-bond donors (Lipinski definition) is 6. The Labute approximate surface area is 304 Å². The molecule has 3 aliphatic heterocycles. The van der Waals surface area contributed by atoms with Crippen LogP contribution in [0.4, 0.5) is 0 Å². The number of carbonyl (C=O) groups excluding carboxylic acids is 1. The first-order valence-corrected chi connectivity index (χ1v) is 18.7. The van der Waals surface area contributed by atoms with Crippen molar-refractivity contribution in [1.82, 2.24) is 20.5 Å². The van der Waals surface area contributed by atoms with Gasteiger partial charge in [-0.25, -0.2) is 4.79 Å². The van der Waals surface area contributed by atoms with Crippen molar-refractivity contribution in [3.05, 3.63) is 105 Å². The van der Waals surface area contributed by atoms with E-state index in [-0.39, 0.29) is 23.4 Å². The number of carbonyl (C=O) groups is 1. The lowest BCUT2D eigenvalue weighted by Gasteiger charge is -2.45. The molecule has 3 saturated heterocycles. The standard InChI is InChI=1S/C41H50N4O7/c1-26-7-5-10-33-30(26)15-18-41(33,40(50)52-36-25-45-20-16-27(36)17-21-45)44-39(49)28-8-6-9-29(23-28)51-22-4-2-3-19-42-24-35(47)31-11-13-34(46)38-32(31)12-14-37(48)43-38/h5-14,23,27,35-36,39,42,44,46-47,49H,2-4,15-22,24-25H2,1H3,(H,43,48)/t35-,36-,39?,41?/m0/s1. The van der Waals surface area contributed by atoms with Gasteiger partial charge in [-0.05, 0) is 130 Å². The summed E-state index contributed by atoms with van der Waals surface area (Å²) in [6, 6.07) is 19.6. The Morgan fingerprint density at radius 2 is 1.87 bits per heavy atom. The molecule has 0 spiro atoms. The smallest absolute Gasteiger partial charge is 0.331 e. The normalized spacial score (nSPS) is 23.3. The lowest BCUT2D eigenvalue weighted by atomic mass is 9.85. The molecule has 4 aromatic rings. The van der Waals surface area contributed by atoms with Gasteiger partial charge in [-0.1, -0.05) is 36.4 Å². The number of aromatic nitrogens is 1. The number of phenolic OH excluding ortho intramolecular Hbond substituents is 1. The lowest BCUT2D eigenvalue weighted by Crippen LogP contribution is -2.56. The number of piperidine rings is 3. The van der Waals surface area contributed by atoms with Crippen molar-refractivity contribution in [1.29, 1.82) is 0 Å². The average molecular weight is 711 g/mol. The summed E-state index contributed by atoms with van der Waals surface area (Å²) in [6.07, 6.45) is 3.95. The minimum absolute atomic E-state index is 0.0336. The molecule has 6 N–H and O–H groups in total. The number of benzene rings is 3. The Morgan fingerprint density at radius 3 is 2.67 bits per heavy atom. The molecule has 0 radical (unpaired) electrons. The predicted molar refractivity (Wildman–Crippen MR) is 198 cm³/mol. The van der Waals surface area contributed by atoms with Crippen LogP contribution in [0.3, 0.4) is 0 Å². The molecule has 3 aromatic carbocycles. The number of fused-ring (bicyclic) bond motifs is 5. The number of aromatic hydroxyl groups is 1. The van der Waals surface area contributed by atoms with Gasteiger partial charge in [0, 0.05) is 24.5 Å². The molecular weight excluding hydrogens is 660 g/mol. The molecule has 0 saturated carbocycles. The predicted octanol–water partition coefficient (Wildman–Crippen LogP) is 4.47. The summed E-state index contributed by atoms with van der Waals surface area (Å²) in [4.78, 5) is 30.9. The maximum absolute atomic E-state index is 14.2. The molecule has 4 atom stereocenters. The summed E-state index contributed by atoms with van der Waals surface area (Å²) in [5.41, 5.74) is 3.27. The number of esters is 1. The molecule has 4 heterocycles. The number of nitrogens with one attached hydrogen (secondary N) is 3. The third-order valence-corrected chi connectivity index (χ3v) is 11.3. The summed E-state index contributed by atoms with van der Waals surface area (Å²) >= 11 is 0. The quantitative estimate of drug-likeness (QED) is 0.0591. The van der Waals surface area contributed by atoms with Crippen molar-refractivity contribution in [2.45, 2.75) is 75.8 Å². The zero-order valence-corrected chi connectivity index (χ0v) is 29.8. The van der Waals surface area contributed by atoms with Crippen LogP contribution in [0.2, 0.25) is 0 Å². The fourth-order valence-electron chi connectivity index (χ4n) is 8.29. The number of H-pyrrole nitrogens is 1. The fraction of sp³-hybridized carbons (Fsp3) is 0.463. The molecule has 0 amide bonds. The second kappa shape index (κ2) is 15.8. The molecule has 4 aliphatic rings. The highest BCUT2D eigenvalue weighted by Crippen LogP contribution is 2.42. The fourth-order valence-corrected chi connectivity index (χ4v) is 8.29. The van der Waals surface area contributed by atoms with Gasteiger partial charge in [0.25, 0.3) is 0 Å². The minimum Gasteiger partial charge on any atom is -0.506 e. The van der Waals surface area contributed by atoms with Crippen molar-refractivity contribution >= 4 is 16.9 Å². The number of nitrogens with zero attached hydrogens (tertiary/aromatic N) is 1. The third-order valence-electron chi connectivity index (χ3n) is 11.3. The van der Waals surface area contributed by atoms with E-state index in [0.717, 1.165) is 74.8 Å². The van der Waals surface area contributed by atoms with E-state index in [1.165, 1.54) is 12.1 Å². The van der Waals surface area contributed by atoms with E-state index in [4.69, 9.17) is 9.47 Å². The first-order chi connectivity index (χ1) is 25.2. The molecule has 8 rings (SSSR count). The summed E-state index contributed by atoms with van der Waals surface area (Å²) in [6.45, 7) is 6.53. The van der Waals surface area contributed by atoms with Crippen LogP contribution in [0.25, 0.3) is 10.9 Å². The number of unbranched alkanes of at least 4 members (excludes halogenated alkanes) is 2. The average Bonchev–Trinajstić information content (AvgIpc) is 3.54. The molecule has 2 bridgehead atoms. The van der Waals surface area contributed by atoms with Crippen molar-refractivity contribution in [3.8, 4) is 11.5 Å². The number of hydrogen-bond acceptors (Lipinski definition) is 10. The molecule has 3 fully saturated rings. The summed E-state index contributed by atoms with van der Waals surface area (Å²) in [7, 11) is 0. The van der Waals surface area contributed by atoms with Gasteiger partial charge in [0.15, 0.2) is 0 Å². The molecule has 276 valence electrons. The topological polar surface area (TPSA) is 156 Å². The van der Waals surface area contributed by atoms with Gasteiger partial charge in [-0.15, -0.1) is 0 Å². The van der Waals surface area contributed by atoms with Crippen molar-refractivity contribution in [2.75, 3.05) is 39.3 Å². The van der Waals surface area contributed by atoms with E-state index in [1.54, 1.807) is 12.1 Å². The van der Waals surface area contributed by atoms with Gasteiger partial charge in [0.1, 0.15) is 29.4 Å². The van der Waals surface area contributed by atoms with E-state index in [2.05, 4.69) is 33.5 Å². The number of phenols is 1. The maximum Gasteiger partial charge on any atom is 0.331 e. The van der Waals surface area contributed by atoms with Crippen molar-refractivity contribution < 1.29 is 29.6 Å². The molecule has 1 aliphatic carbocycles. The lowest BCUT2D eigenvalue weighted by molar-refractivity contribution is -0.169. The van der Waals surface area contributed by atoms with Crippen LogP contribution < -0.4 is 20.9 Å². The summed E-state index contributed by atoms with van der Waals surface area (Å²) in [5, 5.41) is 39.7. The van der Waals surface area contributed by atoms with E-state index in [0.29, 0.717) is 59.8 Å². The van der Waals surface area contributed by atoms with Gasteiger partial charge in [0.05, 0.1) is 18.2 Å². The summed E-state index contributed by atoms with van der Waals surface area (Å²) < 4.78 is 12.4. The molecule has 1 aromatic heterocycles. The van der Waals surface area contributed by atoms with Gasteiger partial charge in [-0.2, -0.15) is 0 Å². The second-order valence-electron chi connectivity index (χ2n) is 14.6. The molecule has 52 heavy (non-hydrogen) atoms. The Bertz CT molecular complexity index is 1940. The Balaban J connectivity index is 0.900. The second-order valence-corrected chi connectivity index (χ2v) is 14.6. The zero-order chi connectivity index (χ0) is 36.2. The van der Waals surface area contributed by atoms with Crippen LogP contribution in [-0.4, -0.2) is 76.6 Å². The van der Waals surface area contributed by atoms with E-state index >= 15 is 0 Å². The highest BCUT2D eigenvalue weighted by Gasteiger charge is 2.50. The van der Waals surface area contributed by atoms with E-state index < -0.39 is 17.9 Å². The van der Waals surface area contributed by atoms with E-state index in [9.17, 15) is 24.9 Å². The number of aryl methyl sites for hydroxylation is 1.